The summed E-state index contributed by atoms with van der Waals surface area (Å²) < 4.78 is 0. The Hall–Kier alpha value is -2.34. The van der Waals surface area contributed by atoms with Crippen LogP contribution >= 0.6 is 0 Å². The number of hydrogen-bond donors (Lipinski definition) is 0. The highest BCUT2D eigenvalue weighted by Gasteiger charge is 2.12. The smallest absolute Gasteiger partial charge is 0.0233 e. The molecule has 0 N–H and O–H groups in total. The fourth-order valence-electron chi connectivity index (χ4n) is 5.67. The number of aryl methyl sites for hydroxylation is 9. The Kier molecular flexibility index (Phi) is 5.87. The van der Waals surface area contributed by atoms with E-state index in [1.807, 2.05) is 0 Å². The molecule has 0 radical (unpaired) electrons. The van der Waals surface area contributed by atoms with Crippen LogP contribution in [0.4, 0.5) is 0 Å². The molecule has 156 valence electrons. The van der Waals surface area contributed by atoms with Crippen molar-refractivity contribution >= 4 is 0 Å². The zero-order valence-corrected chi connectivity index (χ0v) is 19.7. The fraction of sp³-hybridized carbons (Fsp3) is 0.400. The van der Waals surface area contributed by atoms with Gasteiger partial charge in [-0.1, -0.05) is 36.4 Å². The lowest BCUT2D eigenvalue weighted by Gasteiger charge is -2.18. The van der Waals surface area contributed by atoms with Crippen LogP contribution in [0.5, 0.6) is 0 Å². The summed E-state index contributed by atoms with van der Waals surface area (Å²) in [6, 6.07) is 14.6. The first-order chi connectivity index (χ1) is 14.3. The van der Waals surface area contributed by atoms with Gasteiger partial charge in [0.2, 0.25) is 0 Å². The predicted octanol–water partition coefficient (Wildman–Crippen LogP) is 7.21. The second-order valence-electron chi connectivity index (χ2n) is 9.62. The lowest BCUT2D eigenvalue weighted by molar-refractivity contribution is 0.887. The van der Waals surface area contributed by atoms with Gasteiger partial charge in [-0.3, -0.25) is 0 Å². The normalized spacial score (nSPS) is 14.2. The molecule has 0 fully saturated rings. The highest BCUT2D eigenvalue weighted by atomic mass is 14.2. The molecule has 0 aliphatic heterocycles. The summed E-state index contributed by atoms with van der Waals surface area (Å²) in [6.45, 7) is 13.8. The molecule has 3 aromatic carbocycles. The second kappa shape index (κ2) is 8.42. The molecule has 0 heterocycles. The molecule has 30 heavy (non-hydrogen) atoms. The molecular weight excluding hydrogens is 360 g/mol. The standard InChI is InChI=1S/C30H36/c1-19-13-25-8-11-29-23(5)17-27(18-24(29)6)9-12-30-21(3)15-26(16-22(30)4)7-10-28(19)20(2)14-25/h13-18H,7-12H2,1-6H3. The summed E-state index contributed by atoms with van der Waals surface area (Å²) in [5.74, 6) is 0. The monoisotopic (exact) mass is 396 g/mol. The fourth-order valence-corrected chi connectivity index (χ4v) is 5.67. The third-order valence-corrected chi connectivity index (χ3v) is 7.26. The average molecular weight is 397 g/mol. The minimum atomic E-state index is 1.13. The molecule has 0 amide bonds. The number of benzene rings is 3. The van der Waals surface area contributed by atoms with Crippen molar-refractivity contribution in [1.29, 1.82) is 0 Å². The molecule has 0 nitrogen and oxygen atoms in total. The van der Waals surface area contributed by atoms with E-state index in [0.717, 1.165) is 38.5 Å². The first-order valence-corrected chi connectivity index (χ1v) is 11.6. The molecule has 6 aliphatic carbocycles. The van der Waals surface area contributed by atoms with Gasteiger partial charge in [0.15, 0.2) is 0 Å². The molecular formula is C30H36. The zero-order chi connectivity index (χ0) is 21.4. The van der Waals surface area contributed by atoms with Crippen molar-refractivity contribution in [2.75, 3.05) is 0 Å². The number of hydrogen-bond acceptors (Lipinski definition) is 0. The van der Waals surface area contributed by atoms with Crippen molar-refractivity contribution in [3.05, 3.63) is 103 Å². The van der Waals surface area contributed by atoms with Gasteiger partial charge in [-0.25, -0.2) is 0 Å². The Balaban J connectivity index is 1.81. The third-order valence-electron chi connectivity index (χ3n) is 7.26. The second-order valence-corrected chi connectivity index (χ2v) is 9.62. The Morgan fingerprint density at radius 3 is 0.733 bits per heavy atom. The average Bonchev–Trinajstić information content (AvgIpc) is 2.65. The van der Waals surface area contributed by atoms with Crippen molar-refractivity contribution < 1.29 is 0 Å². The van der Waals surface area contributed by atoms with E-state index >= 15 is 0 Å². The van der Waals surface area contributed by atoms with Crippen LogP contribution in [-0.2, 0) is 38.5 Å². The van der Waals surface area contributed by atoms with E-state index in [4.69, 9.17) is 0 Å². The quantitative estimate of drug-likeness (QED) is 0.377. The van der Waals surface area contributed by atoms with Crippen LogP contribution in [0.1, 0.15) is 66.8 Å². The lowest BCUT2D eigenvalue weighted by Crippen LogP contribution is -2.05. The van der Waals surface area contributed by atoms with Gasteiger partial charge in [0.1, 0.15) is 0 Å². The van der Waals surface area contributed by atoms with Gasteiger partial charge in [0.25, 0.3) is 0 Å². The highest BCUT2D eigenvalue weighted by molar-refractivity contribution is 5.44. The third kappa shape index (κ3) is 4.24. The zero-order valence-electron chi connectivity index (χ0n) is 19.7. The predicted molar refractivity (Wildman–Crippen MR) is 130 cm³/mol. The summed E-state index contributed by atoms with van der Waals surface area (Å²) in [5, 5.41) is 0. The van der Waals surface area contributed by atoms with Gasteiger partial charge in [-0.05, 0) is 147 Å². The van der Waals surface area contributed by atoms with Gasteiger partial charge in [0, 0.05) is 0 Å². The summed E-state index contributed by atoms with van der Waals surface area (Å²) in [5.41, 5.74) is 17.8. The summed E-state index contributed by atoms with van der Waals surface area (Å²) in [6.07, 6.45) is 6.78. The summed E-state index contributed by atoms with van der Waals surface area (Å²) in [7, 11) is 0. The van der Waals surface area contributed by atoms with Crippen molar-refractivity contribution in [2.24, 2.45) is 0 Å². The Morgan fingerprint density at radius 2 is 0.533 bits per heavy atom. The van der Waals surface area contributed by atoms with Crippen LogP contribution in [0.2, 0.25) is 0 Å². The van der Waals surface area contributed by atoms with Gasteiger partial charge in [-0.15, -0.1) is 0 Å². The van der Waals surface area contributed by atoms with Crippen molar-refractivity contribution in [3.63, 3.8) is 0 Å². The van der Waals surface area contributed by atoms with Crippen LogP contribution in [0.15, 0.2) is 36.4 Å². The minimum Gasteiger partial charge on any atom is -0.0558 e. The van der Waals surface area contributed by atoms with E-state index in [1.54, 1.807) is 0 Å². The van der Waals surface area contributed by atoms with E-state index < -0.39 is 0 Å². The maximum atomic E-state index is 2.43. The Bertz CT molecular complexity index is 887. The van der Waals surface area contributed by atoms with Gasteiger partial charge < -0.3 is 0 Å². The van der Waals surface area contributed by atoms with Gasteiger partial charge >= 0.3 is 0 Å². The molecule has 0 spiro atoms. The maximum Gasteiger partial charge on any atom is -0.0233 e. The topological polar surface area (TPSA) is 0 Å². The first-order valence-electron chi connectivity index (χ1n) is 11.6. The Labute approximate surface area is 183 Å². The van der Waals surface area contributed by atoms with Crippen LogP contribution < -0.4 is 0 Å². The van der Waals surface area contributed by atoms with Crippen molar-refractivity contribution in [1.82, 2.24) is 0 Å². The van der Waals surface area contributed by atoms with Crippen LogP contribution in [0.25, 0.3) is 0 Å². The Morgan fingerprint density at radius 1 is 0.333 bits per heavy atom. The molecule has 0 unspecified atom stereocenters. The van der Waals surface area contributed by atoms with E-state index in [-0.39, 0.29) is 0 Å². The maximum absolute atomic E-state index is 2.43. The molecule has 3 aromatic rings. The molecule has 0 saturated heterocycles. The van der Waals surface area contributed by atoms with Crippen molar-refractivity contribution in [3.8, 4) is 0 Å². The van der Waals surface area contributed by atoms with Gasteiger partial charge in [-0.2, -0.15) is 0 Å². The summed E-state index contributed by atoms with van der Waals surface area (Å²) >= 11 is 0. The largest absolute Gasteiger partial charge is 0.0558 e. The molecule has 0 saturated carbocycles. The highest BCUT2D eigenvalue weighted by Crippen LogP contribution is 2.26. The summed E-state index contributed by atoms with van der Waals surface area (Å²) in [4.78, 5) is 0. The van der Waals surface area contributed by atoms with Crippen molar-refractivity contribution in [2.45, 2.75) is 80.1 Å². The molecule has 9 rings (SSSR count). The molecule has 6 bridgehead atoms. The molecule has 0 aromatic heterocycles. The van der Waals surface area contributed by atoms with E-state index in [1.165, 1.54) is 66.8 Å². The lowest BCUT2D eigenvalue weighted by atomic mass is 9.88. The van der Waals surface area contributed by atoms with E-state index in [9.17, 15) is 0 Å². The van der Waals surface area contributed by atoms with E-state index in [0.29, 0.717) is 0 Å². The first kappa shape index (κ1) is 20.9. The molecule has 6 aliphatic rings. The molecule has 0 heteroatoms. The minimum absolute atomic E-state index is 1.13. The number of rotatable bonds is 0. The van der Waals surface area contributed by atoms with Crippen LogP contribution in [-0.4, -0.2) is 0 Å². The van der Waals surface area contributed by atoms with Crippen LogP contribution in [0, 0.1) is 41.5 Å². The van der Waals surface area contributed by atoms with Gasteiger partial charge in [0.05, 0.1) is 0 Å². The molecule has 0 atom stereocenters. The SMILES string of the molecule is Cc1cc2cc(C)c1CCc1cc(C)c(c(C)c1)CCc1cc(C)c(c(C)c1)CC2. The van der Waals surface area contributed by atoms with Crippen LogP contribution in [0.3, 0.4) is 0 Å². The van der Waals surface area contributed by atoms with E-state index in [2.05, 4.69) is 77.9 Å².